The van der Waals surface area contributed by atoms with Crippen molar-refractivity contribution in [2.45, 2.75) is 51.0 Å². The highest BCUT2D eigenvalue weighted by Crippen LogP contribution is 2.31. The number of nitrogens with one attached hydrogen (secondary N) is 1. The lowest BCUT2D eigenvalue weighted by Crippen LogP contribution is -2.55. The lowest BCUT2D eigenvalue weighted by Gasteiger charge is -2.33. The van der Waals surface area contributed by atoms with Gasteiger partial charge in [0.2, 0.25) is 5.91 Å². The van der Waals surface area contributed by atoms with Crippen molar-refractivity contribution < 1.29 is 27.1 Å². The number of halogens is 4. The van der Waals surface area contributed by atoms with E-state index in [1.54, 1.807) is 12.1 Å². The van der Waals surface area contributed by atoms with E-state index in [9.17, 15) is 27.2 Å². The van der Waals surface area contributed by atoms with Crippen LogP contribution in [0.15, 0.2) is 41.2 Å². The second kappa shape index (κ2) is 10.4. The van der Waals surface area contributed by atoms with E-state index in [4.69, 9.17) is 4.74 Å². The van der Waals surface area contributed by atoms with Crippen molar-refractivity contribution in [3.05, 3.63) is 52.6 Å². The van der Waals surface area contributed by atoms with Crippen LogP contribution in [-0.4, -0.2) is 71.4 Å². The van der Waals surface area contributed by atoms with Gasteiger partial charge in [-0.1, -0.05) is 0 Å². The predicted molar refractivity (Wildman–Crippen MR) is 143 cm³/mol. The largest absolute Gasteiger partial charge is 0.494 e. The summed E-state index contributed by atoms with van der Waals surface area (Å²) in [5.41, 5.74) is -1.64. The molecule has 1 aromatic heterocycles. The molecule has 214 valence electrons. The summed E-state index contributed by atoms with van der Waals surface area (Å²) in [6, 6.07) is 9.54. The molecule has 6 rings (SSSR count). The monoisotopic (exact) mass is 561 g/mol. The van der Waals surface area contributed by atoms with Crippen molar-refractivity contribution >= 4 is 22.5 Å². The van der Waals surface area contributed by atoms with E-state index in [1.165, 1.54) is 19.2 Å². The van der Waals surface area contributed by atoms with Crippen molar-refractivity contribution in [3.8, 4) is 17.1 Å². The number of carbonyl (C=O) groups excluding carboxylic acids is 1. The fourth-order valence-corrected chi connectivity index (χ4v) is 5.38. The van der Waals surface area contributed by atoms with E-state index in [2.05, 4.69) is 14.8 Å². The third-order valence-electron chi connectivity index (χ3n) is 7.80. The summed E-state index contributed by atoms with van der Waals surface area (Å²) in [6.07, 6.45) is -2.68. The van der Waals surface area contributed by atoms with Crippen LogP contribution in [-0.2, 0) is 11.3 Å². The van der Waals surface area contributed by atoms with Crippen LogP contribution < -0.4 is 20.5 Å². The van der Waals surface area contributed by atoms with Crippen LogP contribution in [0.3, 0.4) is 0 Å². The van der Waals surface area contributed by atoms with E-state index in [0.717, 1.165) is 69.2 Å². The van der Waals surface area contributed by atoms with Crippen LogP contribution >= 0.6 is 0 Å². The molecule has 3 aliphatic rings. The Bertz CT molecular complexity index is 1500. The zero-order valence-electron chi connectivity index (χ0n) is 22.5. The van der Waals surface area contributed by atoms with Gasteiger partial charge in [0.05, 0.1) is 18.0 Å². The Morgan fingerprint density at radius 1 is 1.07 bits per heavy atom. The molecule has 0 atom stereocenters. The summed E-state index contributed by atoms with van der Waals surface area (Å²) < 4.78 is 60.6. The number of benzene rings is 2. The Balaban J connectivity index is 1.61. The fourth-order valence-electron chi connectivity index (χ4n) is 5.38. The van der Waals surface area contributed by atoms with Crippen LogP contribution in [0.25, 0.3) is 22.3 Å². The van der Waals surface area contributed by atoms with Crippen LogP contribution in [0, 0.1) is 5.82 Å². The van der Waals surface area contributed by atoms with Crippen molar-refractivity contribution in [1.82, 2.24) is 19.8 Å². The smallest absolute Gasteiger partial charge is 0.410 e. The SMILES string of the molecule is COc1cc(-c2nc3ccc(N4CCN5CCC4CC5)cc3c(=O)n2CC(=O)NC(C)(C)C(F)(F)F)ccc1F. The molecule has 3 fully saturated rings. The maximum atomic E-state index is 14.1. The molecule has 0 unspecified atom stereocenters. The maximum Gasteiger partial charge on any atom is 0.410 e. The molecule has 2 bridgehead atoms. The summed E-state index contributed by atoms with van der Waals surface area (Å²) in [5, 5.41) is 2.20. The number of methoxy groups -OCH3 is 1. The van der Waals surface area contributed by atoms with Gasteiger partial charge in [0.25, 0.3) is 5.56 Å². The molecule has 40 heavy (non-hydrogen) atoms. The molecule has 0 aliphatic carbocycles. The Hall–Kier alpha value is -3.67. The molecular weight excluding hydrogens is 530 g/mol. The highest BCUT2D eigenvalue weighted by atomic mass is 19.4. The van der Waals surface area contributed by atoms with Crippen molar-refractivity contribution in [2.75, 3.05) is 38.2 Å². The van der Waals surface area contributed by atoms with Gasteiger partial charge in [-0.2, -0.15) is 13.2 Å². The second-order valence-corrected chi connectivity index (χ2v) is 10.8. The number of anilines is 1. The number of alkyl halides is 3. The van der Waals surface area contributed by atoms with Crippen LogP contribution in [0.4, 0.5) is 23.2 Å². The van der Waals surface area contributed by atoms with Gasteiger partial charge in [-0.15, -0.1) is 0 Å². The number of fused-ring (bicyclic) bond motifs is 5. The molecule has 3 aromatic rings. The molecule has 4 heterocycles. The van der Waals surface area contributed by atoms with Gasteiger partial charge in [-0.25, -0.2) is 9.37 Å². The number of rotatable bonds is 6. The number of nitrogens with zero attached hydrogens (tertiary/aromatic N) is 4. The van der Waals surface area contributed by atoms with Gasteiger partial charge in [0.15, 0.2) is 11.6 Å². The lowest BCUT2D eigenvalue weighted by molar-refractivity contribution is -0.188. The number of aromatic nitrogens is 2. The summed E-state index contributed by atoms with van der Waals surface area (Å²) >= 11 is 0. The molecule has 2 aromatic carbocycles. The van der Waals surface area contributed by atoms with Gasteiger partial charge >= 0.3 is 6.18 Å². The van der Waals surface area contributed by atoms with Crippen molar-refractivity contribution in [3.63, 3.8) is 0 Å². The quantitative estimate of drug-likeness (QED) is 0.460. The molecule has 12 heteroatoms. The number of piperidine rings is 1. The predicted octanol–water partition coefficient (Wildman–Crippen LogP) is 3.95. The minimum atomic E-state index is -4.71. The average Bonchev–Trinajstić information content (AvgIpc) is 3.23. The number of hydrogen-bond acceptors (Lipinski definition) is 6. The molecule has 1 amide bonds. The summed E-state index contributed by atoms with van der Waals surface area (Å²) in [7, 11) is 1.28. The molecular formula is C28H31F4N5O3. The van der Waals surface area contributed by atoms with E-state index < -0.39 is 35.5 Å². The third kappa shape index (κ3) is 5.24. The molecule has 8 nitrogen and oxygen atoms in total. The first-order chi connectivity index (χ1) is 18.9. The zero-order chi connectivity index (χ0) is 28.8. The zero-order valence-corrected chi connectivity index (χ0v) is 22.5. The number of ether oxygens (including phenoxy) is 1. The molecule has 0 saturated carbocycles. The normalized spacial score (nSPS) is 19.5. The van der Waals surface area contributed by atoms with E-state index >= 15 is 0 Å². The first-order valence-electron chi connectivity index (χ1n) is 13.1. The van der Waals surface area contributed by atoms with Crippen molar-refractivity contribution in [1.29, 1.82) is 0 Å². The lowest BCUT2D eigenvalue weighted by atomic mass is 10.0. The first kappa shape index (κ1) is 27.9. The van der Waals surface area contributed by atoms with Gasteiger partial charge in [0, 0.05) is 43.5 Å². The average molecular weight is 562 g/mol. The van der Waals surface area contributed by atoms with Crippen molar-refractivity contribution in [2.24, 2.45) is 0 Å². The van der Waals surface area contributed by atoms with Crippen LogP contribution in [0.1, 0.15) is 26.7 Å². The number of amides is 1. The second-order valence-electron chi connectivity index (χ2n) is 10.8. The van der Waals surface area contributed by atoms with Gasteiger partial charge in [-0.05, 0) is 63.1 Å². The Labute approximate surface area is 228 Å². The third-order valence-corrected chi connectivity index (χ3v) is 7.80. The van der Waals surface area contributed by atoms with Gasteiger partial charge < -0.3 is 19.9 Å². The maximum absolute atomic E-state index is 14.1. The minimum absolute atomic E-state index is 0.00437. The number of hydrogen-bond donors (Lipinski definition) is 1. The minimum Gasteiger partial charge on any atom is -0.494 e. The Morgan fingerprint density at radius 3 is 2.48 bits per heavy atom. The topological polar surface area (TPSA) is 79.7 Å². The van der Waals surface area contributed by atoms with Gasteiger partial charge in [-0.3, -0.25) is 14.2 Å². The summed E-state index contributed by atoms with van der Waals surface area (Å²) in [4.78, 5) is 36.1. The summed E-state index contributed by atoms with van der Waals surface area (Å²) in [6.45, 7) is 4.73. The Morgan fingerprint density at radius 2 is 1.80 bits per heavy atom. The summed E-state index contributed by atoms with van der Waals surface area (Å²) in [5.74, 6) is -1.76. The van der Waals surface area contributed by atoms with Gasteiger partial charge in [0.1, 0.15) is 17.9 Å². The highest BCUT2D eigenvalue weighted by molar-refractivity contribution is 5.85. The van der Waals surface area contributed by atoms with Crippen LogP contribution in [0.2, 0.25) is 0 Å². The number of carbonyl (C=O) groups is 1. The first-order valence-corrected chi connectivity index (χ1v) is 13.1. The van der Waals surface area contributed by atoms with E-state index in [0.29, 0.717) is 11.6 Å². The standard InChI is InChI=1S/C28H31F4N5O3/c1-27(2,28(30,31)32)34-24(38)16-37-25(17-4-6-21(29)23(14-17)40-3)33-22-7-5-19(15-20(22)26(37)39)36-13-12-35-10-8-18(36)9-11-35/h4-7,14-15,18H,8-13,16H2,1-3H3,(H,34,38). The molecule has 0 spiro atoms. The van der Waals surface area contributed by atoms with E-state index in [1.807, 2.05) is 11.4 Å². The molecule has 3 saturated heterocycles. The fraction of sp³-hybridized carbons (Fsp3) is 0.464. The highest BCUT2D eigenvalue weighted by Gasteiger charge is 2.48. The van der Waals surface area contributed by atoms with Crippen LogP contribution in [0.5, 0.6) is 5.75 Å². The molecule has 1 N–H and O–H groups in total. The Kier molecular flexibility index (Phi) is 7.24. The molecule has 3 aliphatic heterocycles. The van der Waals surface area contributed by atoms with E-state index in [-0.39, 0.29) is 22.5 Å². The molecule has 0 radical (unpaired) electrons.